The summed E-state index contributed by atoms with van der Waals surface area (Å²) in [5, 5.41) is 20.6. The van der Waals surface area contributed by atoms with Gasteiger partial charge in [0, 0.05) is 11.5 Å². The van der Waals surface area contributed by atoms with E-state index in [9.17, 15) is 10.2 Å². The molecule has 0 amide bonds. The maximum atomic E-state index is 10.3. The van der Waals surface area contributed by atoms with Crippen LogP contribution in [-0.2, 0) is 6.42 Å². The average Bonchev–Trinajstić information content (AvgIpc) is 2.52. The van der Waals surface area contributed by atoms with E-state index in [1.54, 1.807) is 6.08 Å². The first-order valence-corrected chi connectivity index (χ1v) is 9.32. The van der Waals surface area contributed by atoms with Gasteiger partial charge in [0.1, 0.15) is 11.5 Å². The van der Waals surface area contributed by atoms with Crippen molar-refractivity contribution < 1.29 is 10.2 Å². The minimum absolute atomic E-state index is 0.160. The first-order chi connectivity index (χ1) is 11.5. The Bertz CT molecular complexity index is 520. The zero-order valence-electron chi connectivity index (χ0n) is 15.6. The molecular formula is C22H34O2. The van der Waals surface area contributed by atoms with Gasteiger partial charge in [-0.15, -0.1) is 6.58 Å². The Kier molecular flexibility index (Phi) is 9.29. The molecule has 1 aromatic rings. The lowest BCUT2D eigenvalue weighted by Gasteiger charge is -2.22. The predicted octanol–water partition coefficient (Wildman–Crippen LogP) is 6.63. The van der Waals surface area contributed by atoms with Gasteiger partial charge in [0.2, 0.25) is 0 Å². The van der Waals surface area contributed by atoms with E-state index < -0.39 is 0 Å². The molecule has 0 fully saturated rings. The molecule has 1 aliphatic carbocycles. The predicted molar refractivity (Wildman–Crippen MR) is 104 cm³/mol. The van der Waals surface area contributed by atoms with Crippen molar-refractivity contribution in [2.45, 2.75) is 78.1 Å². The Morgan fingerprint density at radius 1 is 1.17 bits per heavy atom. The van der Waals surface area contributed by atoms with Crippen LogP contribution in [0.1, 0.15) is 82.8 Å². The maximum absolute atomic E-state index is 10.3. The highest BCUT2D eigenvalue weighted by Crippen LogP contribution is 2.41. The van der Waals surface area contributed by atoms with Crippen LogP contribution in [0.25, 0.3) is 0 Å². The molecule has 0 bridgehead atoms. The van der Waals surface area contributed by atoms with Crippen LogP contribution in [0.15, 0.2) is 36.4 Å². The summed E-state index contributed by atoms with van der Waals surface area (Å²) >= 11 is 0. The molecule has 0 aliphatic heterocycles. The summed E-state index contributed by atoms with van der Waals surface area (Å²) in [7, 11) is 0. The van der Waals surface area contributed by atoms with Crippen molar-refractivity contribution in [3.63, 3.8) is 0 Å². The molecule has 1 aromatic carbocycles. The van der Waals surface area contributed by atoms with E-state index in [1.165, 1.54) is 24.8 Å². The number of unbranched alkanes of at least 4 members (excludes halogenated alkanes) is 3. The molecule has 2 nitrogen and oxygen atoms in total. The third-order valence-corrected chi connectivity index (χ3v) is 4.46. The van der Waals surface area contributed by atoms with Gasteiger partial charge in [-0.3, -0.25) is 0 Å². The Balaban J connectivity index is 0.000000891. The van der Waals surface area contributed by atoms with Gasteiger partial charge < -0.3 is 10.2 Å². The summed E-state index contributed by atoms with van der Waals surface area (Å²) in [5.41, 5.74) is 3.11. The van der Waals surface area contributed by atoms with Gasteiger partial charge in [-0.2, -0.15) is 0 Å². The van der Waals surface area contributed by atoms with Crippen LogP contribution in [0, 0.1) is 0 Å². The minimum Gasteiger partial charge on any atom is -0.507 e. The van der Waals surface area contributed by atoms with Gasteiger partial charge in [0.25, 0.3) is 0 Å². The van der Waals surface area contributed by atoms with Gasteiger partial charge in [-0.25, -0.2) is 0 Å². The highest BCUT2D eigenvalue weighted by molar-refractivity contribution is 5.50. The number of allylic oxidation sites excluding steroid dienone is 3. The number of phenolic OH excluding ortho intramolecular Hbond substituents is 2. The van der Waals surface area contributed by atoms with Crippen LogP contribution in [0.4, 0.5) is 0 Å². The van der Waals surface area contributed by atoms with E-state index in [-0.39, 0.29) is 17.4 Å². The first-order valence-electron chi connectivity index (χ1n) is 9.32. The third kappa shape index (κ3) is 6.43. The van der Waals surface area contributed by atoms with Crippen LogP contribution in [0.3, 0.4) is 0 Å². The van der Waals surface area contributed by atoms with Crippen molar-refractivity contribution in [2.24, 2.45) is 0 Å². The third-order valence-electron chi connectivity index (χ3n) is 4.46. The molecule has 1 unspecified atom stereocenters. The fourth-order valence-electron chi connectivity index (χ4n) is 3.30. The zero-order valence-corrected chi connectivity index (χ0v) is 15.6. The van der Waals surface area contributed by atoms with Crippen molar-refractivity contribution in [3.05, 3.63) is 47.6 Å². The molecule has 0 aromatic heterocycles. The topological polar surface area (TPSA) is 40.5 Å². The van der Waals surface area contributed by atoms with Gasteiger partial charge in [0.15, 0.2) is 0 Å². The summed E-state index contributed by atoms with van der Waals surface area (Å²) in [5.74, 6) is 0.681. The summed E-state index contributed by atoms with van der Waals surface area (Å²) in [6.07, 6.45) is 13.0. The Labute approximate surface area is 147 Å². The van der Waals surface area contributed by atoms with E-state index in [4.69, 9.17) is 0 Å². The molecule has 2 heteroatoms. The molecule has 0 spiro atoms. The Hall–Kier alpha value is -1.70. The number of aryl methyl sites for hydroxylation is 1. The van der Waals surface area contributed by atoms with Crippen molar-refractivity contribution >= 4 is 0 Å². The van der Waals surface area contributed by atoms with Gasteiger partial charge in [-0.05, 0) is 63.6 Å². The number of phenols is 2. The number of rotatable bonds is 6. The van der Waals surface area contributed by atoms with E-state index in [1.807, 2.05) is 19.1 Å². The number of hydrogen-bond donors (Lipinski definition) is 2. The quantitative estimate of drug-likeness (QED) is 0.454. The molecule has 1 atom stereocenters. The van der Waals surface area contributed by atoms with Gasteiger partial charge >= 0.3 is 0 Å². The average molecular weight is 331 g/mol. The second kappa shape index (κ2) is 11.0. The first kappa shape index (κ1) is 20.3. The monoisotopic (exact) mass is 330 g/mol. The highest BCUT2D eigenvalue weighted by atomic mass is 16.3. The summed E-state index contributed by atoms with van der Waals surface area (Å²) in [6, 6.07) is 3.69. The van der Waals surface area contributed by atoms with E-state index >= 15 is 0 Å². The van der Waals surface area contributed by atoms with Crippen molar-refractivity contribution in [2.75, 3.05) is 0 Å². The lowest BCUT2D eigenvalue weighted by Crippen LogP contribution is -2.03. The van der Waals surface area contributed by atoms with E-state index in [2.05, 4.69) is 26.5 Å². The molecule has 2 rings (SSSR count). The van der Waals surface area contributed by atoms with Gasteiger partial charge in [0.05, 0.1) is 0 Å². The summed E-state index contributed by atoms with van der Waals surface area (Å²) < 4.78 is 0. The number of benzene rings is 1. The van der Waals surface area contributed by atoms with Crippen molar-refractivity contribution in [3.8, 4) is 11.5 Å². The SMILES string of the molecule is C=CC.CCCCCCc1cc(O)c(C2C=C(C)CCC2)c(O)c1. The molecule has 0 radical (unpaired) electrons. The molecule has 24 heavy (non-hydrogen) atoms. The molecule has 0 heterocycles. The second-order valence-corrected chi connectivity index (χ2v) is 6.78. The molecule has 2 N–H and O–H groups in total. The molecule has 0 saturated heterocycles. The normalized spacial score (nSPS) is 16.8. The van der Waals surface area contributed by atoms with E-state index in [0.717, 1.165) is 37.7 Å². The summed E-state index contributed by atoms with van der Waals surface area (Å²) in [4.78, 5) is 0. The molecular weight excluding hydrogens is 296 g/mol. The number of aromatic hydroxyl groups is 2. The molecule has 0 saturated carbocycles. The lowest BCUT2D eigenvalue weighted by molar-refractivity contribution is 0.427. The molecule has 1 aliphatic rings. The van der Waals surface area contributed by atoms with Gasteiger partial charge in [-0.1, -0.05) is 43.9 Å². The Morgan fingerprint density at radius 3 is 2.33 bits per heavy atom. The standard InChI is InChI=1S/C19H28O2.C3H6/c1-3-4-5-6-9-15-12-17(20)19(18(21)13-15)16-10-7-8-14(2)11-16;1-3-2/h11-13,16,20-21H,3-10H2,1-2H3;3H,1H2,2H3. The number of hydrogen-bond acceptors (Lipinski definition) is 2. The molecule has 134 valence electrons. The van der Waals surface area contributed by atoms with Crippen LogP contribution in [0.5, 0.6) is 11.5 Å². The van der Waals surface area contributed by atoms with Crippen LogP contribution in [0.2, 0.25) is 0 Å². The highest BCUT2D eigenvalue weighted by Gasteiger charge is 2.21. The zero-order chi connectivity index (χ0) is 17.9. The fourth-order valence-corrected chi connectivity index (χ4v) is 3.30. The maximum Gasteiger partial charge on any atom is 0.123 e. The lowest BCUT2D eigenvalue weighted by atomic mass is 9.84. The van der Waals surface area contributed by atoms with Crippen LogP contribution < -0.4 is 0 Å². The fraction of sp³-hybridized carbons (Fsp3) is 0.545. The van der Waals surface area contributed by atoms with E-state index in [0.29, 0.717) is 5.56 Å². The van der Waals surface area contributed by atoms with Crippen molar-refractivity contribution in [1.29, 1.82) is 0 Å². The smallest absolute Gasteiger partial charge is 0.123 e. The van der Waals surface area contributed by atoms with Crippen molar-refractivity contribution in [1.82, 2.24) is 0 Å². The minimum atomic E-state index is 0.160. The van der Waals surface area contributed by atoms with Crippen LogP contribution >= 0.6 is 0 Å². The summed E-state index contributed by atoms with van der Waals surface area (Å²) in [6.45, 7) is 9.58. The second-order valence-electron chi connectivity index (χ2n) is 6.78. The van der Waals surface area contributed by atoms with Crippen LogP contribution in [-0.4, -0.2) is 10.2 Å². The Morgan fingerprint density at radius 2 is 1.79 bits per heavy atom. The largest absolute Gasteiger partial charge is 0.507 e.